The summed E-state index contributed by atoms with van der Waals surface area (Å²) in [6, 6.07) is 6.45. The maximum absolute atomic E-state index is 5.70. The second-order valence-corrected chi connectivity index (χ2v) is 4.90. The van der Waals surface area contributed by atoms with Crippen LogP contribution in [-0.2, 0) is 4.74 Å². The second kappa shape index (κ2) is 5.29. The van der Waals surface area contributed by atoms with E-state index in [0.29, 0.717) is 19.1 Å². The fourth-order valence-corrected chi connectivity index (χ4v) is 2.10. The number of aryl methyl sites for hydroxylation is 1. The van der Waals surface area contributed by atoms with Crippen LogP contribution in [0.1, 0.15) is 30.9 Å². The van der Waals surface area contributed by atoms with Gasteiger partial charge in [-0.05, 0) is 36.1 Å². The van der Waals surface area contributed by atoms with E-state index in [1.54, 1.807) is 0 Å². The summed E-state index contributed by atoms with van der Waals surface area (Å²) in [5.74, 6) is 1.40. The molecule has 0 saturated carbocycles. The average molecular weight is 248 g/mol. The Morgan fingerprint density at radius 3 is 2.83 bits per heavy atom. The second-order valence-electron chi connectivity index (χ2n) is 4.90. The molecule has 0 aliphatic carbocycles. The monoisotopic (exact) mass is 248 g/mol. The Morgan fingerprint density at radius 1 is 1.50 bits per heavy atom. The van der Waals surface area contributed by atoms with Crippen molar-refractivity contribution in [1.82, 2.24) is 0 Å². The van der Waals surface area contributed by atoms with Gasteiger partial charge in [-0.25, -0.2) is 4.99 Å². The van der Waals surface area contributed by atoms with Gasteiger partial charge in [0.05, 0.1) is 6.54 Å². The molecule has 1 aromatic rings. The summed E-state index contributed by atoms with van der Waals surface area (Å²) in [5.41, 5.74) is 8.05. The molecule has 0 amide bonds. The molecule has 1 heterocycles. The molecule has 1 aromatic carbocycles. The molecule has 2 rings (SSSR count). The van der Waals surface area contributed by atoms with Crippen molar-refractivity contribution in [2.75, 3.05) is 13.2 Å². The SMILES string of the molecule is Cc1cc(OCC2CN=C(N)O2)ccc1C(C)C. The van der Waals surface area contributed by atoms with Gasteiger partial charge in [0.1, 0.15) is 12.4 Å². The Kier molecular flexibility index (Phi) is 3.75. The van der Waals surface area contributed by atoms with Gasteiger partial charge >= 0.3 is 0 Å². The van der Waals surface area contributed by atoms with E-state index in [4.69, 9.17) is 15.2 Å². The van der Waals surface area contributed by atoms with Crippen molar-refractivity contribution >= 4 is 6.02 Å². The van der Waals surface area contributed by atoms with E-state index in [0.717, 1.165) is 5.75 Å². The minimum atomic E-state index is -0.0601. The summed E-state index contributed by atoms with van der Waals surface area (Å²) >= 11 is 0. The van der Waals surface area contributed by atoms with Crippen LogP contribution in [0.15, 0.2) is 23.2 Å². The average Bonchev–Trinajstić information content (AvgIpc) is 2.72. The zero-order valence-corrected chi connectivity index (χ0v) is 11.1. The van der Waals surface area contributed by atoms with E-state index < -0.39 is 0 Å². The zero-order chi connectivity index (χ0) is 13.1. The molecule has 18 heavy (non-hydrogen) atoms. The van der Waals surface area contributed by atoms with Crippen LogP contribution in [0.25, 0.3) is 0 Å². The summed E-state index contributed by atoms with van der Waals surface area (Å²) in [6.07, 6.45) is -0.0601. The van der Waals surface area contributed by atoms with Crippen LogP contribution >= 0.6 is 0 Å². The van der Waals surface area contributed by atoms with Crippen LogP contribution < -0.4 is 10.5 Å². The van der Waals surface area contributed by atoms with E-state index in [9.17, 15) is 0 Å². The number of benzene rings is 1. The van der Waals surface area contributed by atoms with Crippen LogP contribution in [0.3, 0.4) is 0 Å². The number of amidine groups is 1. The van der Waals surface area contributed by atoms with Crippen molar-refractivity contribution in [1.29, 1.82) is 0 Å². The Labute approximate surface area is 108 Å². The Bertz CT molecular complexity index is 455. The highest BCUT2D eigenvalue weighted by Gasteiger charge is 2.18. The molecule has 0 saturated heterocycles. The van der Waals surface area contributed by atoms with Gasteiger partial charge < -0.3 is 15.2 Å². The largest absolute Gasteiger partial charge is 0.490 e. The van der Waals surface area contributed by atoms with Gasteiger partial charge in [-0.2, -0.15) is 0 Å². The lowest BCUT2D eigenvalue weighted by Gasteiger charge is -2.14. The number of nitrogens with two attached hydrogens (primary N) is 1. The number of rotatable bonds is 4. The van der Waals surface area contributed by atoms with Crippen molar-refractivity contribution < 1.29 is 9.47 Å². The maximum Gasteiger partial charge on any atom is 0.282 e. The minimum absolute atomic E-state index is 0.0601. The first kappa shape index (κ1) is 12.7. The Balaban J connectivity index is 1.92. The van der Waals surface area contributed by atoms with Gasteiger partial charge in [-0.15, -0.1) is 0 Å². The normalized spacial score (nSPS) is 18.7. The predicted octanol–water partition coefficient (Wildman–Crippen LogP) is 2.21. The van der Waals surface area contributed by atoms with Gasteiger partial charge in [-0.1, -0.05) is 19.9 Å². The molecular formula is C14H20N2O2. The molecule has 0 spiro atoms. The molecule has 1 aliphatic heterocycles. The predicted molar refractivity (Wildman–Crippen MR) is 72.1 cm³/mol. The van der Waals surface area contributed by atoms with Crippen molar-refractivity contribution in [3.05, 3.63) is 29.3 Å². The molecule has 4 heteroatoms. The lowest BCUT2D eigenvalue weighted by molar-refractivity contribution is 0.141. The minimum Gasteiger partial charge on any atom is -0.490 e. The molecule has 98 valence electrons. The molecule has 0 fully saturated rings. The molecule has 1 aliphatic rings. The van der Waals surface area contributed by atoms with E-state index in [2.05, 4.69) is 37.9 Å². The van der Waals surface area contributed by atoms with Crippen LogP contribution in [-0.4, -0.2) is 25.3 Å². The van der Waals surface area contributed by atoms with Crippen LogP contribution in [0.2, 0.25) is 0 Å². The quantitative estimate of drug-likeness (QED) is 0.888. The standard InChI is InChI=1S/C14H20N2O2/c1-9(2)13-5-4-11(6-10(13)3)17-8-12-7-16-14(15)18-12/h4-6,9,12H,7-8H2,1-3H3,(H2,15,16). The fourth-order valence-electron chi connectivity index (χ4n) is 2.10. The van der Waals surface area contributed by atoms with E-state index in [1.165, 1.54) is 11.1 Å². The smallest absolute Gasteiger partial charge is 0.282 e. The number of hydrogen-bond donors (Lipinski definition) is 1. The van der Waals surface area contributed by atoms with Crippen molar-refractivity contribution in [3.8, 4) is 5.75 Å². The van der Waals surface area contributed by atoms with Crippen molar-refractivity contribution in [2.24, 2.45) is 10.7 Å². The highest BCUT2D eigenvalue weighted by molar-refractivity contribution is 5.73. The highest BCUT2D eigenvalue weighted by atomic mass is 16.5. The summed E-state index contributed by atoms with van der Waals surface area (Å²) in [5, 5.41) is 0. The lowest BCUT2D eigenvalue weighted by atomic mass is 9.98. The third kappa shape index (κ3) is 2.94. The van der Waals surface area contributed by atoms with E-state index in [1.807, 2.05) is 6.07 Å². The molecule has 4 nitrogen and oxygen atoms in total. The number of aliphatic imine (C=N–C) groups is 1. The van der Waals surface area contributed by atoms with E-state index in [-0.39, 0.29) is 12.1 Å². The van der Waals surface area contributed by atoms with Gasteiger partial charge in [0.25, 0.3) is 6.02 Å². The summed E-state index contributed by atoms with van der Waals surface area (Å²) in [6.45, 7) is 7.54. The number of hydrogen-bond acceptors (Lipinski definition) is 4. The first-order valence-corrected chi connectivity index (χ1v) is 6.26. The van der Waals surface area contributed by atoms with E-state index >= 15 is 0 Å². The first-order valence-electron chi connectivity index (χ1n) is 6.26. The third-order valence-electron chi connectivity index (χ3n) is 3.04. The van der Waals surface area contributed by atoms with Crippen LogP contribution in [0.4, 0.5) is 0 Å². The third-order valence-corrected chi connectivity index (χ3v) is 3.04. The fraction of sp³-hybridized carbons (Fsp3) is 0.500. The van der Waals surface area contributed by atoms with Gasteiger partial charge in [0, 0.05) is 0 Å². The zero-order valence-electron chi connectivity index (χ0n) is 11.1. The first-order chi connectivity index (χ1) is 8.56. The van der Waals surface area contributed by atoms with Gasteiger partial charge in [0.2, 0.25) is 0 Å². The topological polar surface area (TPSA) is 56.8 Å². The molecule has 1 atom stereocenters. The highest BCUT2D eigenvalue weighted by Crippen LogP contribution is 2.23. The molecule has 2 N–H and O–H groups in total. The number of nitrogens with zero attached hydrogens (tertiary/aromatic N) is 1. The number of ether oxygens (including phenoxy) is 2. The lowest BCUT2D eigenvalue weighted by Crippen LogP contribution is -2.24. The van der Waals surface area contributed by atoms with Crippen molar-refractivity contribution in [3.63, 3.8) is 0 Å². The summed E-state index contributed by atoms with van der Waals surface area (Å²) < 4.78 is 11.0. The van der Waals surface area contributed by atoms with Crippen LogP contribution in [0, 0.1) is 6.92 Å². The maximum atomic E-state index is 5.70. The summed E-state index contributed by atoms with van der Waals surface area (Å²) in [7, 11) is 0. The van der Waals surface area contributed by atoms with Crippen LogP contribution in [0.5, 0.6) is 5.75 Å². The molecule has 0 radical (unpaired) electrons. The Hall–Kier alpha value is -1.71. The van der Waals surface area contributed by atoms with Crippen molar-refractivity contribution in [2.45, 2.75) is 32.8 Å². The Morgan fingerprint density at radius 2 is 2.28 bits per heavy atom. The molecule has 1 unspecified atom stereocenters. The summed E-state index contributed by atoms with van der Waals surface area (Å²) in [4.78, 5) is 3.98. The molecule has 0 bridgehead atoms. The van der Waals surface area contributed by atoms with Gasteiger partial charge in [0.15, 0.2) is 6.10 Å². The molecular weight excluding hydrogens is 228 g/mol. The van der Waals surface area contributed by atoms with Gasteiger partial charge in [-0.3, -0.25) is 0 Å². The molecule has 0 aromatic heterocycles.